The van der Waals surface area contributed by atoms with E-state index in [0.29, 0.717) is 11.4 Å². The molecule has 0 saturated carbocycles. The maximum Gasteiger partial charge on any atom is 0.265 e. The number of ether oxygens (including phenoxy) is 1. The van der Waals surface area contributed by atoms with Crippen LogP contribution < -0.4 is 15.2 Å². The lowest BCUT2D eigenvalue weighted by atomic mass is 10.3. The molecule has 0 spiro atoms. The molecule has 1 aromatic heterocycles. The van der Waals surface area contributed by atoms with Crippen molar-refractivity contribution in [2.24, 2.45) is 12.8 Å². The van der Waals surface area contributed by atoms with Crippen molar-refractivity contribution >= 4 is 21.5 Å². The van der Waals surface area contributed by atoms with Crippen molar-refractivity contribution in [1.82, 2.24) is 9.78 Å². The van der Waals surface area contributed by atoms with Crippen LogP contribution in [0.4, 0.5) is 5.69 Å². The van der Waals surface area contributed by atoms with Crippen LogP contribution in [0.2, 0.25) is 0 Å². The summed E-state index contributed by atoms with van der Waals surface area (Å²) in [4.78, 5) is 0.0851. The van der Waals surface area contributed by atoms with E-state index in [-0.39, 0.29) is 17.3 Å². The van der Waals surface area contributed by atoms with Crippen LogP contribution in [0.25, 0.3) is 0 Å². The molecule has 0 atom stereocenters. The Morgan fingerprint density at radius 3 is 2.62 bits per heavy atom. The van der Waals surface area contributed by atoms with Gasteiger partial charge in [0.05, 0.1) is 6.20 Å². The lowest BCUT2D eigenvalue weighted by molar-refractivity contribution is 0.374. The molecule has 112 valence electrons. The van der Waals surface area contributed by atoms with Gasteiger partial charge in [-0.2, -0.15) is 5.10 Å². The van der Waals surface area contributed by atoms with Crippen molar-refractivity contribution in [3.05, 3.63) is 36.7 Å². The van der Waals surface area contributed by atoms with Gasteiger partial charge in [0, 0.05) is 18.9 Å². The Balaban J connectivity index is 2.08. The zero-order chi connectivity index (χ0) is 15.5. The maximum atomic E-state index is 12.1. The van der Waals surface area contributed by atoms with E-state index in [1.54, 1.807) is 31.3 Å². The van der Waals surface area contributed by atoms with E-state index < -0.39 is 10.0 Å². The molecule has 0 bridgehead atoms. The molecule has 8 nitrogen and oxygen atoms in total. The maximum absolute atomic E-state index is 12.1. The summed E-state index contributed by atoms with van der Waals surface area (Å²) >= 11 is 0. The van der Waals surface area contributed by atoms with Gasteiger partial charge in [-0.3, -0.25) is 14.8 Å². The normalized spacial score (nSPS) is 11.1. The third-order valence-corrected chi connectivity index (χ3v) is 3.83. The Bertz CT molecular complexity index is 737. The van der Waals surface area contributed by atoms with Crippen molar-refractivity contribution in [2.75, 3.05) is 11.3 Å². The van der Waals surface area contributed by atoms with Crippen molar-refractivity contribution in [3.8, 4) is 5.75 Å². The second-order valence-electron chi connectivity index (χ2n) is 4.29. The van der Waals surface area contributed by atoms with Gasteiger partial charge in [-0.1, -0.05) is 0 Å². The first-order valence-electron chi connectivity index (χ1n) is 5.94. The van der Waals surface area contributed by atoms with Crippen molar-refractivity contribution < 1.29 is 13.2 Å². The van der Waals surface area contributed by atoms with Crippen LogP contribution in [0, 0.1) is 5.41 Å². The molecule has 0 saturated heterocycles. The molecule has 2 rings (SSSR count). The van der Waals surface area contributed by atoms with Gasteiger partial charge < -0.3 is 10.5 Å². The Kier molecular flexibility index (Phi) is 4.13. The van der Waals surface area contributed by atoms with E-state index in [0.717, 1.165) is 0 Å². The number of nitrogens with two attached hydrogens (primary N) is 1. The molecule has 0 amide bonds. The quantitative estimate of drug-likeness (QED) is 0.530. The first kappa shape index (κ1) is 14.9. The second-order valence-corrected chi connectivity index (χ2v) is 5.98. The van der Waals surface area contributed by atoms with Crippen LogP contribution in [-0.4, -0.2) is 30.6 Å². The molecular formula is C12H15N5O3S. The lowest BCUT2D eigenvalue weighted by Gasteiger charge is -2.08. The number of aromatic nitrogens is 2. The third kappa shape index (κ3) is 3.96. The molecular weight excluding hydrogens is 294 g/mol. The predicted octanol–water partition coefficient (Wildman–Crippen LogP) is 0.536. The second kappa shape index (κ2) is 5.83. The third-order valence-electron chi connectivity index (χ3n) is 2.49. The van der Waals surface area contributed by atoms with Gasteiger partial charge in [-0.25, -0.2) is 8.42 Å². The number of sulfonamides is 1. The standard InChI is InChI=1S/C12H15N5O3S/c1-17-7-11(6-15-17)21(18,19)16-9-2-4-10(5-3-9)20-8-12(13)14/h2-7,16H,8H2,1H3,(H3,13,14). The summed E-state index contributed by atoms with van der Waals surface area (Å²) in [6.07, 6.45) is 2.68. The number of aryl methyl sites for hydroxylation is 1. The fraction of sp³-hybridized carbons (Fsp3) is 0.167. The molecule has 4 N–H and O–H groups in total. The minimum absolute atomic E-state index is 0.0131. The number of rotatable bonds is 6. The van der Waals surface area contributed by atoms with Gasteiger partial charge in [0.25, 0.3) is 10.0 Å². The number of nitrogens with one attached hydrogen (secondary N) is 2. The molecule has 0 aliphatic heterocycles. The van der Waals surface area contributed by atoms with E-state index in [1.165, 1.54) is 17.1 Å². The van der Waals surface area contributed by atoms with Crippen LogP contribution in [0.5, 0.6) is 5.75 Å². The average molecular weight is 309 g/mol. The van der Waals surface area contributed by atoms with Crippen molar-refractivity contribution in [3.63, 3.8) is 0 Å². The highest BCUT2D eigenvalue weighted by Crippen LogP contribution is 2.19. The molecule has 1 heterocycles. The number of hydrogen-bond acceptors (Lipinski definition) is 5. The van der Waals surface area contributed by atoms with Crippen molar-refractivity contribution in [1.29, 1.82) is 5.41 Å². The van der Waals surface area contributed by atoms with Crippen LogP contribution in [0.3, 0.4) is 0 Å². The SMILES string of the molecule is Cn1cc(S(=O)(=O)Nc2ccc(OCC(=N)N)cc2)cn1. The smallest absolute Gasteiger partial charge is 0.265 e. The molecule has 0 aliphatic rings. The number of nitrogens with zero attached hydrogens (tertiary/aromatic N) is 2. The molecule has 1 aromatic carbocycles. The summed E-state index contributed by atoms with van der Waals surface area (Å²) in [5.74, 6) is 0.408. The molecule has 0 aliphatic carbocycles. The highest BCUT2D eigenvalue weighted by Gasteiger charge is 2.16. The summed E-state index contributed by atoms with van der Waals surface area (Å²) in [6.45, 7) is -0.0131. The predicted molar refractivity (Wildman–Crippen MR) is 77.9 cm³/mol. The van der Waals surface area contributed by atoms with Gasteiger partial charge in [0.1, 0.15) is 23.1 Å². The van der Waals surface area contributed by atoms with E-state index in [1.807, 2.05) is 0 Å². The highest BCUT2D eigenvalue weighted by molar-refractivity contribution is 7.92. The molecule has 21 heavy (non-hydrogen) atoms. The highest BCUT2D eigenvalue weighted by atomic mass is 32.2. The van der Waals surface area contributed by atoms with Gasteiger partial charge in [-0.15, -0.1) is 0 Å². The van der Waals surface area contributed by atoms with E-state index in [2.05, 4.69) is 9.82 Å². The Labute approximate surface area is 122 Å². The fourth-order valence-electron chi connectivity index (χ4n) is 1.53. The summed E-state index contributed by atoms with van der Waals surface area (Å²) in [5, 5.41) is 10.9. The van der Waals surface area contributed by atoms with E-state index >= 15 is 0 Å². The Morgan fingerprint density at radius 1 is 1.43 bits per heavy atom. The first-order valence-corrected chi connectivity index (χ1v) is 7.42. The Morgan fingerprint density at radius 2 is 2.10 bits per heavy atom. The van der Waals surface area contributed by atoms with E-state index in [9.17, 15) is 8.42 Å². The largest absolute Gasteiger partial charge is 0.486 e. The van der Waals surface area contributed by atoms with Gasteiger partial charge in [0.2, 0.25) is 0 Å². The first-order chi connectivity index (χ1) is 9.87. The summed E-state index contributed by atoms with van der Waals surface area (Å²) in [5.41, 5.74) is 5.58. The molecule has 0 radical (unpaired) electrons. The zero-order valence-electron chi connectivity index (χ0n) is 11.3. The number of benzene rings is 1. The summed E-state index contributed by atoms with van der Waals surface area (Å²) in [6, 6.07) is 6.29. The van der Waals surface area contributed by atoms with Crippen LogP contribution in [0.1, 0.15) is 0 Å². The number of hydrogen-bond donors (Lipinski definition) is 3. The topological polar surface area (TPSA) is 123 Å². The molecule has 0 unspecified atom stereocenters. The fourth-order valence-corrected chi connectivity index (χ4v) is 2.57. The minimum Gasteiger partial charge on any atom is -0.486 e. The zero-order valence-corrected chi connectivity index (χ0v) is 12.1. The summed E-state index contributed by atoms with van der Waals surface area (Å²) in [7, 11) is -2.02. The van der Waals surface area contributed by atoms with E-state index in [4.69, 9.17) is 15.9 Å². The number of anilines is 1. The van der Waals surface area contributed by atoms with Gasteiger partial charge >= 0.3 is 0 Å². The molecule has 9 heteroatoms. The minimum atomic E-state index is -3.66. The lowest BCUT2D eigenvalue weighted by Crippen LogP contribution is -2.19. The van der Waals surface area contributed by atoms with Crippen LogP contribution in [0.15, 0.2) is 41.6 Å². The van der Waals surface area contributed by atoms with Gasteiger partial charge in [0.15, 0.2) is 0 Å². The average Bonchev–Trinajstić information content (AvgIpc) is 2.85. The van der Waals surface area contributed by atoms with Crippen LogP contribution >= 0.6 is 0 Å². The number of amidine groups is 1. The van der Waals surface area contributed by atoms with Crippen molar-refractivity contribution in [2.45, 2.75) is 4.90 Å². The monoisotopic (exact) mass is 309 g/mol. The summed E-state index contributed by atoms with van der Waals surface area (Å²) < 4.78 is 33.2. The molecule has 0 fully saturated rings. The van der Waals surface area contributed by atoms with Gasteiger partial charge in [-0.05, 0) is 24.3 Å². The van der Waals surface area contributed by atoms with Crippen LogP contribution in [-0.2, 0) is 17.1 Å². The Hall–Kier alpha value is -2.55. The molecule has 2 aromatic rings.